The number of nitrogens with two attached hydrogens (primary N) is 1. The number of nitrogens with zero attached hydrogens (tertiary/aromatic N) is 2. The van der Waals surface area contributed by atoms with Gasteiger partial charge in [-0.3, -0.25) is 9.69 Å². The summed E-state index contributed by atoms with van der Waals surface area (Å²) in [5.41, 5.74) is 7.33. The van der Waals surface area contributed by atoms with Crippen molar-refractivity contribution in [2.45, 2.75) is 18.6 Å². The molecule has 3 rings (SSSR count). The normalized spacial score (nSPS) is 15.0. The van der Waals surface area contributed by atoms with Crippen molar-refractivity contribution < 1.29 is 37.7 Å². The number of nitriles is 1. The number of halogens is 1. The quantitative estimate of drug-likeness (QED) is 0.283. The highest BCUT2D eigenvalue weighted by Gasteiger charge is 2.24. The van der Waals surface area contributed by atoms with Crippen molar-refractivity contribution in [3.63, 3.8) is 0 Å². The summed E-state index contributed by atoms with van der Waals surface area (Å²) in [5.74, 6) is -2.60. The van der Waals surface area contributed by atoms with E-state index in [1.54, 1.807) is 30.3 Å². The molecule has 12 heteroatoms. The second-order valence-electron chi connectivity index (χ2n) is 8.70. The zero-order valence-corrected chi connectivity index (χ0v) is 21.3. The van der Waals surface area contributed by atoms with Crippen molar-refractivity contribution in [3.8, 4) is 6.07 Å². The van der Waals surface area contributed by atoms with Crippen molar-refractivity contribution in [3.05, 3.63) is 71.0 Å². The number of carbonyl (C=O) groups excluding carboxylic acids is 3. The van der Waals surface area contributed by atoms with Crippen molar-refractivity contribution in [2.24, 2.45) is 5.73 Å². The van der Waals surface area contributed by atoms with Crippen LogP contribution in [0.1, 0.15) is 22.6 Å². The molecule has 208 valence electrons. The molecule has 1 unspecified atom stereocenters. The number of esters is 1. The van der Waals surface area contributed by atoms with Crippen LogP contribution in [0.25, 0.3) is 0 Å². The first-order valence-electron chi connectivity index (χ1n) is 12.4. The molecule has 11 nitrogen and oxygen atoms in total. The van der Waals surface area contributed by atoms with Crippen LogP contribution in [0.2, 0.25) is 0 Å². The number of benzene rings is 2. The fourth-order valence-corrected chi connectivity index (χ4v) is 3.91. The van der Waals surface area contributed by atoms with Gasteiger partial charge in [-0.2, -0.15) is 5.26 Å². The Bertz CT molecular complexity index is 1130. The van der Waals surface area contributed by atoms with Crippen molar-refractivity contribution in [2.75, 3.05) is 52.7 Å². The van der Waals surface area contributed by atoms with Crippen molar-refractivity contribution >= 4 is 18.0 Å². The summed E-state index contributed by atoms with van der Waals surface area (Å²) in [6.45, 7) is 3.11. The average molecular weight is 543 g/mol. The molecular formula is C27H31FN4O7. The molecule has 0 aromatic heterocycles. The fraction of sp³-hybridized carbons (Fsp3) is 0.407. The van der Waals surface area contributed by atoms with Crippen LogP contribution in [0.15, 0.2) is 48.5 Å². The Morgan fingerprint density at radius 3 is 2.31 bits per heavy atom. The van der Waals surface area contributed by atoms with E-state index in [0.29, 0.717) is 43.1 Å². The van der Waals surface area contributed by atoms with Crippen LogP contribution in [-0.4, -0.2) is 81.6 Å². The van der Waals surface area contributed by atoms with Crippen molar-refractivity contribution in [1.82, 2.24) is 10.2 Å². The van der Waals surface area contributed by atoms with Gasteiger partial charge in [0.25, 0.3) is 0 Å². The monoisotopic (exact) mass is 542 g/mol. The lowest BCUT2D eigenvalue weighted by molar-refractivity contribution is -0.146. The molecule has 3 N–H and O–H groups in total. The number of rotatable bonds is 13. The van der Waals surface area contributed by atoms with Gasteiger partial charge in [0.1, 0.15) is 18.5 Å². The van der Waals surface area contributed by atoms with Gasteiger partial charge in [0, 0.05) is 19.6 Å². The fourth-order valence-electron chi connectivity index (χ4n) is 3.91. The summed E-state index contributed by atoms with van der Waals surface area (Å²) in [7, 11) is 0. The zero-order valence-electron chi connectivity index (χ0n) is 21.3. The average Bonchev–Trinajstić information content (AvgIpc) is 2.94. The Labute approximate surface area is 225 Å². The molecule has 1 aliphatic rings. The highest BCUT2D eigenvalue weighted by atomic mass is 19.1. The number of carbonyl (C=O) groups is 3. The summed E-state index contributed by atoms with van der Waals surface area (Å²) in [6.07, 6.45) is -0.879. The minimum Gasteiger partial charge on any atom is -0.449 e. The number of morpholine rings is 1. The second-order valence-corrected chi connectivity index (χ2v) is 8.70. The lowest BCUT2D eigenvalue weighted by atomic mass is 9.90. The third-order valence-corrected chi connectivity index (χ3v) is 5.97. The number of alkyl carbamates (subject to hydrolysis) is 1. The summed E-state index contributed by atoms with van der Waals surface area (Å²) in [5, 5.41) is 11.1. The van der Waals surface area contributed by atoms with Crippen molar-refractivity contribution in [1.29, 1.82) is 5.26 Å². The van der Waals surface area contributed by atoms with Gasteiger partial charge < -0.3 is 30.0 Å². The maximum Gasteiger partial charge on any atom is 0.408 e. The second kappa shape index (κ2) is 15.4. The predicted molar refractivity (Wildman–Crippen MR) is 136 cm³/mol. The molecule has 2 aromatic carbocycles. The highest BCUT2D eigenvalue weighted by Crippen LogP contribution is 2.25. The number of ether oxygens (including phenoxy) is 4. The first kappa shape index (κ1) is 29.5. The summed E-state index contributed by atoms with van der Waals surface area (Å²) < 4.78 is 34.2. The molecule has 2 amide bonds. The standard InChI is InChI=1S/C27H31FN4O7/c28-22-7-5-21(6-8-22)24(25(30)33)20-3-1-19(2-4-20)17-39-27(35)31-23(26(34)38-13-9-29)18-37-16-12-32-10-14-36-15-11-32/h1-8,23-24H,10-18H2,(H2,30,33)(H,31,35)/t23-,24?/m0/s1. The van der Waals surface area contributed by atoms with Gasteiger partial charge in [-0.1, -0.05) is 36.4 Å². The maximum atomic E-state index is 13.3. The van der Waals surface area contributed by atoms with E-state index in [9.17, 15) is 18.8 Å². The van der Waals surface area contributed by atoms with E-state index in [-0.39, 0.29) is 13.2 Å². The molecule has 2 aromatic rings. The molecule has 1 heterocycles. The molecule has 2 atom stereocenters. The van der Waals surface area contributed by atoms with Crippen LogP contribution in [0.4, 0.5) is 9.18 Å². The molecule has 0 saturated carbocycles. The van der Waals surface area contributed by atoms with E-state index >= 15 is 0 Å². The van der Waals surface area contributed by atoms with Gasteiger partial charge >= 0.3 is 12.1 Å². The molecule has 0 spiro atoms. The molecule has 1 fully saturated rings. The first-order chi connectivity index (χ1) is 18.9. The number of hydrogen-bond acceptors (Lipinski definition) is 9. The van der Waals surface area contributed by atoms with Crippen LogP contribution >= 0.6 is 0 Å². The Morgan fingerprint density at radius 2 is 1.69 bits per heavy atom. The van der Waals surface area contributed by atoms with Crippen LogP contribution < -0.4 is 11.1 Å². The summed E-state index contributed by atoms with van der Waals surface area (Å²) >= 11 is 0. The molecule has 1 aliphatic heterocycles. The van der Waals surface area contributed by atoms with E-state index in [4.69, 9.17) is 29.9 Å². The molecule has 1 saturated heterocycles. The Morgan fingerprint density at radius 1 is 1.05 bits per heavy atom. The zero-order chi connectivity index (χ0) is 28.0. The molecule has 0 bridgehead atoms. The van der Waals surface area contributed by atoms with E-state index in [0.717, 1.165) is 13.1 Å². The third kappa shape index (κ3) is 9.64. The third-order valence-electron chi connectivity index (χ3n) is 5.97. The number of hydrogen-bond donors (Lipinski definition) is 2. The predicted octanol–water partition coefficient (Wildman–Crippen LogP) is 1.45. The largest absolute Gasteiger partial charge is 0.449 e. The van der Waals surface area contributed by atoms with E-state index < -0.39 is 42.4 Å². The van der Waals surface area contributed by atoms with Gasteiger partial charge in [0.2, 0.25) is 5.91 Å². The van der Waals surface area contributed by atoms with Crippen LogP contribution in [0.5, 0.6) is 0 Å². The lowest BCUT2D eigenvalue weighted by Gasteiger charge is -2.26. The smallest absolute Gasteiger partial charge is 0.408 e. The highest BCUT2D eigenvalue weighted by molar-refractivity contribution is 5.85. The molecule has 0 aliphatic carbocycles. The van der Waals surface area contributed by atoms with Gasteiger partial charge in [0.05, 0.1) is 32.3 Å². The molecule has 39 heavy (non-hydrogen) atoms. The number of amides is 2. The van der Waals surface area contributed by atoms with Crippen LogP contribution in [0.3, 0.4) is 0 Å². The van der Waals surface area contributed by atoms with E-state index in [1.807, 2.05) is 0 Å². The van der Waals surface area contributed by atoms with Gasteiger partial charge in [-0.05, 0) is 28.8 Å². The Kier molecular flexibility index (Phi) is 11.6. The van der Waals surface area contributed by atoms with E-state index in [1.165, 1.54) is 24.3 Å². The van der Waals surface area contributed by atoms with Gasteiger partial charge in [-0.15, -0.1) is 0 Å². The minimum atomic E-state index is -1.16. The number of primary amides is 1. The van der Waals surface area contributed by atoms with Crippen LogP contribution in [-0.2, 0) is 35.1 Å². The molecular weight excluding hydrogens is 511 g/mol. The number of nitrogens with one attached hydrogen (secondary N) is 1. The SMILES string of the molecule is N#CCOC(=O)[C@H](COCCN1CCOCC1)NC(=O)OCc1ccc(C(C(N)=O)c2ccc(F)cc2)cc1. The maximum absolute atomic E-state index is 13.3. The topological polar surface area (TPSA) is 153 Å². The summed E-state index contributed by atoms with van der Waals surface area (Å²) in [6, 6.07) is 12.7. The summed E-state index contributed by atoms with van der Waals surface area (Å²) in [4.78, 5) is 38.9. The first-order valence-corrected chi connectivity index (χ1v) is 12.4. The van der Waals surface area contributed by atoms with E-state index in [2.05, 4.69) is 10.2 Å². The Balaban J connectivity index is 1.51. The molecule has 0 radical (unpaired) electrons. The Hall–Kier alpha value is -4.05. The van der Waals surface area contributed by atoms with Crippen LogP contribution in [0, 0.1) is 17.1 Å². The minimum absolute atomic E-state index is 0.123. The lowest BCUT2D eigenvalue weighted by Crippen LogP contribution is -2.46. The van der Waals surface area contributed by atoms with Gasteiger partial charge in [0.15, 0.2) is 12.6 Å². The van der Waals surface area contributed by atoms with Gasteiger partial charge in [-0.25, -0.2) is 14.0 Å².